The van der Waals surface area contributed by atoms with Gasteiger partial charge in [0.1, 0.15) is 0 Å². The molecule has 3 nitrogen and oxygen atoms in total. The zero-order valence-electron chi connectivity index (χ0n) is 13.3. The number of nitrogens with two attached hydrogens (primary N) is 2. The lowest BCUT2D eigenvalue weighted by atomic mass is 10.3. The Morgan fingerprint density at radius 3 is 1.89 bits per heavy atom. The van der Waals surface area contributed by atoms with Crippen molar-refractivity contribution in [3.8, 4) is 0 Å². The quantitative estimate of drug-likeness (QED) is 0.663. The lowest BCUT2D eigenvalue weighted by molar-refractivity contribution is 0.322. The highest BCUT2D eigenvalue weighted by Crippen LogP contribution is 1.94. The fourth-order valence-corrected chi connectivity index (χ4v) is 1.41. The summed E-state index contributed by atoms with van der Waals surface area (Å²) in [5, 5.41) is 0. The molecule has 0 rings (SSSR count). The van der Waals surface area contributed by atoms with E-state index in [0.717, 1.165) is 0 Å². The van der Waals surface area contributed by atoms with E-state index in [2.05, 4.69) is 32.4 Å². The minimum Gasteiger partial charge on any atom is -0.402 e. The van der Waals surface area contributed by atoms with Gasteiger partial charge in [-0.25, -0.2) is 0 Å². The Balaban J connectivity index is 0. The van der Waals surface area contributed by atoms with Crippen molar-refractivity contribution >= 4 is 0 Å². The van der Waals surface area contributed by atoms with Gasteiger partial charge in [0.05, 0.1) is 0 Å². The van der Waals surface area contributed by atoms with Crippen molar-refractivity contribution < 1.29 is 0 Å². The summed E-state index contributed by atoms with van der Waals surface area (Å²) in [5.74, 6) is 0. The van der Waals surface area contributed by atoms with Crippen molar-refractivity contribution in [1.29, 1.82) is 0 Å². The third kappa shape index (κ3) is 19.3. The maximum absolute atomic E-state index is 5.42. The molecule has 112 valence electrons. The molecule has 0 saturated heterocycles. The van der Waals surface area contributed by atoms with Gasteiger partial charge in [-0.1, -0.05) is 39.3 Å². The molecule has 4 N–H and O–H groups in total. The van der Waals surface area contributed by atoms with Crippen LogP contribution in [0.2, 0.25) is 0 Å². The van der Waals surface area contributed by atoms with Crippen LogP contribution in [-0.2, 0) is 0 Å². The molecule has 0 heterocycles. The van der Waals surface area contributed by atoms with E-state index in [4.69, 9.17) is 11.5 Å². The molecule has 0 aromatic heterocycles. The van der Waals surface area contributed by atoms with E-state index in [1.165, 1.54) is 38.8 Å². The summed E-state index contributed by atoms with van der Waals surface area (Å²) in [7, 11) is 2.21. The highest BCUT2D eigenvalue weighted by molar-refractivity contribution is 5.21. The Kier molecular flexibility index (Phi) is 15.7. The van der Waals surface area contributed by atoms with Crippen LogP contribution in [0.1, 0.15) is 46.5 Å². The Morgan fingerprint density at radius 1 is 1.11 bits per heavy atom. The van der Waals surface area contributed by atoms with Gasteiger partial charge < -0.3 is 16.4 Å². The summed E-state index contributed by atoms with van der Waals surface area (Å²) in [6.07, 6.45) is 10.3. The Bertz CT molecular complexity index is 255. The molecule has 0 aromatic rings. The predicted octanol–water partition coefficient (Wildman–Crippen LogP) is 3.40. The fraction of sp³-hybridized carbons (Fsp3) is 0.625. The van der Waals surface area contributed by atoms with Gasteiger partial charge in [-0.05, 0) is 52.1 Å². The number of allylic oxidation sites excluding steroid dienone is 4. The van der Waals surface area contributed by atoms with Gasteiger partial charge in [0, 0.05) is 11.4 Å². The zero-order valence-corrected chi connectivity index (χ0v) is 13.3. The van der Waals surface area contributed by atoms with Crippen LogP contribution in [-0.4, -0.2) is 25.0 Å². The van der Waals surface area contributed by atoms with Gasteiger partial charge >= 0.3 is 0 Å². The molecular weight excluding hydrogens is 234 g/mol. The maximum atomic E-state index is 5.42. The highest BCUT2D eigenvalue weighted by Gasteiger charge is 1.94. The Hall–Kier alpha value is -1.22. The summed E-state index contributed by atoms with van der Waals surface area (Å²) >= 11 is 0. The van der Waals surface area contributed by atoms with E-state index in [0.29, 0.717) is 11.4 Å². The molecule has 0 aliphatic rings. The van der Waals surface area contributed by atoms with Crippen LogP contribution in [0.3, 0.4) is 0 Å². The number of nitrogens with zero attached hydrogens (tertiary/aromatic N) is 1. The van der Waals surface area contributed by atoms with Crippen LogP contribution < -0.4 is 11.5 Å². The molecule has 0 aliphatic carbocycles. The number of hydrogen-bond acceptors (Lipinski definition) is 3. The fourth-order valence-electron chi connectivity index (χ4n) is 1.41. The van der Waals surface area contributed by atoms with Gasteiger partial charge in [0.2, 0.25) is 0 Å². The molecule has 0 unspecified atom stereocenters. The summed E-state index contributed by atoms with van der Waals surface area (Å²) in [6.45, 7) is 12.3. The number of rotatable bonds is 8. The van der Waals surface area contributed by atoms with Gasteiger partial charge in [-0.3, -0.25) is 0 Å². The van der Waals surface area contributed by atoms with Crippen LogP contribution in [0, 0.1) is 0 Å². The molecule has 0 radical (unpaired) electrons. The van der Waals surface area contributed by atoms with Crippen LogP contribution >= 0.6 is 0 Å². The lowest BCUT2D eigenvalue weighted by Gasteiger charge is -2.14. The van der Waals surface area contributed by atoms with E-state index in [-0.39, 0.29) is 0 Å². The summed E-state index contributed by atoms with van der Waals surface area (Å²) in [5.41, 5.74) is 12.1. The minimum absolute atomic E-state index is 0.630. The predicted molar refractivity (Wildman–Crippen MR) is 87.7 cm³/mol. The molecule has 0 aromatic carbocycles. The van der Waals surface area contributed by atoms with Crippen LogP contribution in [0.4, 0.5) is 0 Å². The third-order valence-corrected chi connectivity index (χ3v) is 2.49. The average molecular weight is 267 g/mol. The van der Waals surface area contributed by atoms with Gasteiger partial charge in [-0.15, -0.1) is 0 Å². The molecule has 0 amide bonds. The van der Waals surface area contributed by atoms with Crippen molar-refractivity contribution in [2.75, 3.05) is 20.1 Å². The van der Waals surface area contributed by atoms with E-state index in [1.807, 2.05) is 0 Å². The zero-order chi connectivity index (χ0) is 15.1. The van der Waals surface area contributed by atoms with Crippen LogP contribution in [0.25, 0.3) is 0 Å². The third-order valence-electron chi connectivity index (χ3n) is 2.49. The van der Waals surface area contributed by atoms with E-state index >= 15 is 0 Å². The monoisotopic (exact) mass is 267 g/mol. The van der Waals surface area contributed by atoms with Crippen LogP contribution in [0.5, 0.6) is 0 Å². The first kappa shape index (κ1) is 20.1. The molecule has 0 fully saturated rings. The van der Waals surface area contributed by atoms with Crippen molar-refractivity contribution in [3.63, 3.8) is 0 Å². The normalized spacial score (nSPS) is 12.1. The molecule has 19 heavy (non-hydrogen) atoms. The SMILES string of the molecule is C=C/C=C(N)\C=C(/C)N.CCCCN(C)CCCC. The molecular formula is C16H33N3. The second-order valence-corrected chi connectivity index (χ2v) is 4.80. The minimum atomic E-state index is 0.630. The first-order valence-corrected chi connectivity index (χ1v) is 7.18. The van der Waals surface area contributed by atoms with Crippen molar-refractivity contribution in [2.45, 2.75) is 46.5 Å². The number of unbranched alkanes of at least 4 members (excludes halogenated alkanes) is 2. The second-order valence-electron chi connectivity index (χ2n) is 4.80. The van der Waals surface area contributed by atoms with E-state index in [1.54, 1.807) is 25.2 Å². The van der Waals surface area contributed by atoms with Gasteiger partial charge in [0.25, 0.3) is 0 Å². The van der Waals surface area contributed by atoms with Crippen molar-refractivity contribution in [2.24, 2.45) is 11.5 Å². The Labute approximate surface area is 120 Å². The summed E-state index contributed by atoms with van der Waals surface area (Å²) < 4.78 is 0. The van der Waals surface area contributed by atoms with Crippen molar-refractivity contribution in [1.82, 2.24) is 4.90 Å². The van der Waals surface area contributed by atoms with E-state index in [9.17, 15) is 0 Å². The Morgan fingerprint density at radius 2 is 1.58 bits per heavy atom. The highest BCUT2D eigenvalue weighted by atomic mass is 15.1. The smallest absolute Gasteiger partial charge is 0.0330 e. The standard InChI is InChI=1S/C9H21N.C7H12N2/c1-4-6-8-10(3)9-7-5-2;1-3-4-7(9)5-6(2)8/h4-9H2,1-3H3;3-5H,1,8-9H2,2H3/b;6-5+,7-4+. The molecule has 0 atom stereocenters. The molecule has 0 bridgehead atoms. The lowest BCUT2D eigenvalue weighted by Crippen LogP contribution is -2.20. The molecule has 0 saturated carbocycles. The first-order valence-electron chi connectivity index (χ1n) is 7.18. The second kappa shape index (κ2) is 14.8. The molecule has 0 spiro atoms. The van der Waals surface area contributed by atoms with Crippen molar-refractivity contribution in [3.05, 3.63) is 36.2 Å². The first-order chi connectivity index (χ1) is 8.97. The number of hydrogen-bond donors (Lipinski definition) is 2. The van der Waals surface area contributed by atoms with E-state index < -0.39 is 0 Å². The summed E-state index contributed by atoms with van der Waals surface area (Å²) in [6, 6.07) is 0. The topological polar surface area (TPSA) is 55.3 Å². The van der Waals surface area contributed by atoms with Crippen LogP contribution in [0.15, 0.2) is 36.2 Å². The maximum Gasteiger partial charge on any atom is 0.0330 e. The average Bonchev–Trinajstić information content (AvgIpc) is 2.34. The molecule has 3 heteroatoms. The summed E-state index contributed by atoms with van der Waals surface area (Å²) in [4.78, 5) is 2.42. The van der Waals surface area contributed by atoms with Gasteiger partial charge in [0.15, 0.2) is 0 Å². The molecule has 0 aliphatic heterocycles. The largest absolute Gasteiger partial charge is 0.402 e. The van der Waals surface area contributed by atoms with Gasteiger partial charge in [-0.2, -0.15) is 0 Å².